The van der Waals surface area contributed by atoms with Crippen molar-refractivity contribution in [1.82, 2.24) is 4.90 Å². The van der Waals surface area contributed by atoms with E-state index in [1.54, 1.807) is 0 Å². The largest absolute Gasteiger partial charge is 0.448 e. The van der Waals surface area contributed by atoms with Gasteiger partial charge >= 0.3 is 6.09 Å². The predicted molar refractivity (Wildman–Crippen MR) is 107 cm³/mol. The third-order valence-corrected chi connectivity index (χ3v) is 5.90. The summed E-state index contributed by atoms with van der Waals surface area (Å²) in [5, 5.41) is 10.6. The first-order chi connectivity index (χ1) is 14.4. The van der Waals surface area contributed by atoms with E-state index in [0.29, 0.717) is 0 Å². The Balaban J connectivity index is 1.27. The van der Waals surface area contributed by atoms with Gasteiger partial charge in [-0.15, -0.1) is 0 Å². The van der Waals surface area contributed by atoms with E-state index < -0.39 is 23.3 Å². The topological polar surface area (TPSA) is 49.8 Å². The van der Waals surface area contributed by atoms with E-state index in [1.807, 2.05) is 36.4 Å². The Hall–Kier alpha value is -3.25. The Bertz CT molecular complexity index is 1080. The molecule has 0 saturated carbocycles. The summed E-state index contributed by atoms with van der Waals surface area (Å²) in [5.74, 6) is -1.59. The van der Waals surface area contributed by atoms with E-state index in [9.17, 15) is 18.7 Å². The molecule has 4 nitrogen and oxygen atoms in total. The number of benzene rings is 3. The summed E-state index contributed by atoms with van der Waals surface area (Å²) in [5.41, 5.74) is 3.14. The van der Waals surface area contributed by atoms with Gasteiger partial charge in [0.15, 0.2) is 0 Å². The normalized spacial score (nSPS) is 16.6. The van der Waals surface area contributed by atoms with E-state index in [0.717, 1.165) is 40.5 Å². The fraction of sp³-hybridized carbons (Fsp3) is 0.208. The molecule has 0 aromatic heterocycles. The number of fused-ring (bicyclic) bond motifs is 3. The molecule has 1 amide bonds. The van der Waals surface area contributed by atoms with Gasteiger partial charge in [-0.05, 0) is 39.9 Å². The Morgan fingerprint density at radius 1 is 0.967 bits per heavy atom. The fourth-order valence-corrected chi connectivity index (χ4v) is 4.40. The second-order valence-corrected chi connectivity index (χ2v) is 7.85. The van der Waals surface area contributed by atoms with Gasteiger partial charge in [-0.1, -0.05) is 48.5 Å². The first-order valence-electron chi connectivity index (χ1n) is 9.73. The molecule has 1 N–H and O–H groups in total. The van der Waals surface area contributed by atoms with Crippen LogP contribution < -0.4 is 0 Å². The lowest BCUT2D eigenvalue weighted by atomic mass is 9.86. The van der Waals surface area contributed by atoms with Crippen LogP contribution in [-0.2, 0) is 10.3 Å². The van der Waals surface area contributed by atoms with Crippen molar-refractivity contribution in [3.8, 4) is 11.1 Å². The summed E-state index contributed by atoms with van der Waals surface area (Å²) in [6.45, 7) is 0.0233. The SMILES string of the molecule is O=C(OCC1c2ccccc2-c2ccccc21)N1CC(O)(c2cc(F)cc(F)c2)C1. The molecule has 0 spiro atoms. The zero-order valence-corrected chi connectivity index (χ0v) is 16.0. The van der Waals surface area contributed by atoms with Crippen LogP contribution in [0.5, 0.6) is 0 Å². The average molecular weight is 407 g/mol. The first-order valence-corrected chi connectivity index (χ1v) is 9.73. The van der Waals surface area contributed by atoms with Gasteiger partial charge in [0.2, 0.25) is 0 Å². The highest BCUT2D eigenvalue weighted by atomic mass is 19.1. The minimum atomic E-state index is -1.48. The van der Waals surface area contributed by atoms with Crippen molar-refractivity contribution < 1.29 is 23.4 Å². The maximum atomic E-state index is 13.5. The lowest BCUT2D eigenvalue weighted by Crippen LogP contribution is -2.61. The molecule has 0 radical (unpaired) electrons. The van der Waals surface area contributed by atoms with Crippen LogP contribution in [0.15, 0.2) is 66.7 Å². The van der Waals surface area contributed by atoms with Crippen molar-refractivity contribution >= 4 is 6.09 Å². The second-order valence-electron chi connectivity index (χ2n) is 7.85. The minimum absolute atomic E-state index is 0.0566. The number of carbonyl (C=O) groups excluding carboxylic acids is 1. The highest BCUT2D eigenvalue weighted by Gasteiger charge is 2.46. The number of ether oxygens (including phenoxy) is 1. The first kappa shape index (κ1) is 18.8. The third-order valence-electron chi connectivity index (χ3n) is 5.90. The van der Waals surface area contributed by atoms with Gasteiger partial charge in [0.1, 0.15) is 23.8 Å². The second kappa shape index (κ2) is 6.92. The molecular formula is C24H19F2NO3. The van der Waals surface area contributed by atoms with Crippen LogP contribution >= 0.6 is 0 Å². The van der Waals surface area contributed by atoms with E-state index in [2.05, 4.69) is 12.1 Å². The molecule has 1 saturated heterocycles. The number of carbonyl (C=O) groups is 1. The Labute approximate surface area is 172 Å². The highest BCUT2D eigenvalue weighted by Crippen LogP contribution is 2.44. The van der Waals surface area contributed by atoms with Gasteiger partial charge in [0.05, 0.1) is 13.1 Å². The number of hydrogen-bond donors (Lipinski definition) is 1. The van der Waals surface area contributed by atoms with Gasteiger partial charge in [0.25, 0.3) is 0 Å². The summed E-state index contributed by atoms with van der Waals surface area (Å²) in [6, 6.07) is 19.0. The monoisotopic (exact) mass is 407 g/mol. The predicted octanol–water partition coefficient (Wildman–Crippen LogP) is 4.42. The molecule has 3 aromatic rings. The zero-order valence-electron chi connectivity index (χ0n) is 16.0. The molecule has 30 heavy (non-hydrogen) atoms. The molecule has 3 aromatic carbocycles. The smallest absolute Gasteiger partial charge is 0.410 e. The number of likely N-dealkylation sites (tertiary alicyclic amines) is 1. The van der Waals surface area contributed by atoms with Crippen LogP contribution in [0, 0.1) is 11.6 Å². The van der Waals surface area contributed by atoms with Crippen LogP contribution in [0.4, 0.5) is 13.6 Å². The van der Waals surface area contributed by atoms with Crippen LogP contribution in [0.1, 0.15) is 22.6 Å². The molecule has 152 valence electrons. The maximum Gasteiger partial charge on any atom is 0.410 e. The van der Waals surface area contributed by atoms with Crippen LogP contribution in [0.2, 0.25) is 0 Å². The minimum Gasteiger partial charge on any atom is -0.448 e. The third kappa shape index (κ3) is 3.04. The lowest BCUT2D eigenvalue weighted by molar-refractivity contribution is -0.0945. The molecule has 0 unspecified atom stereocenters. The van der Waals surface area contributed by atoms with Crippen molar-refractivity contribution in [2.24, 2.45) is 0 Å². The van der Waals surface area contributed by atoms with Gasteiger partial charge in [-0.3, -0.25) is 0 Å². The molecule has 5 rings (SSSR count). The van der Waals surface area contributed by atoms with Crippen LogP contribution in [0.3, 0.4) is 0 Å². The van der Waals surface area contributed by atoms with Crippen LogP contribution in [-0.4, -0.2) is 35.8 Å². The number of halogens is 2. The molecule has 0 atom stereocenters. The number of nitrogens with zero attached hydrogens (tertiary/aromatic N) is 1. The summed E-state index contributed by atoms with van der Waals surface area (Å²) in [6.07, 6.45) is -0.557. The molecule has 2 aliphatic rings. The number of β-amino-alcohol motifs (C(OH)–C–C–N with tert-alkyl or cyclic N) is 1. The summed E-state index contributed by atoms with van der Waals surface area (Å²) >= 11 is 0. The van der Waals surface area contributed by atoms with Crippen molar-refractivity contribution in [2.75, 3.05) is 19.7 Å². The van der Waals surface area contributed by atoms with E-state index in [1.165, 1.54) is 4.90 Å². The van der Waals surface area contributed by atoms with Gasteiger partial charge in [0, 0.05) is 12.0 Å². The van der Waals surface area contributed by atoms with E-state index >= 15 is 0 Å². The van der Waals surface area contributed by atoms with Gasteiger partial charge in [-0.2, -0.15) is 0 Å². The van der Waals surface area contributed by atoms with Crippen molar-refractivity contribution in [3.63, 3.8) is 0 Å². The molecule has 1 fully saturated rings. The Kier molecular flexibility index (Phi) is 4.33. The zero-order chi connectivity index (χ0) is 20.9. The molecule has 1 aliphatic carbocycles. The summed E-state index contributed by atoms with van der Waals surface area (Å²) < 4.78 is 32.5. The number of hydrogen-bond acceptors (Lipinski definition) is 3. The average Bonchev–Trinajstić information content (AvgIpc) is 3.03. The molecule has 1 heterocycles. The molecule has 1 aliphatic heterocycles. The van der Waals surface area contributed by atoms with Crippen LogP contribution in [0.25, 0.3) is 11.1 Å². The fourth-order valence-electron chi connectivity index (χ4n) is 4.40. The summed E-state index contributed by atoms with van der Waals surface area (Å²) in [7, 11) is 0. The number of aliphatic hydroxyl groups is 1. The Morgan fingerprint density at radius 2 is 1.50 bits per heavy atom. The lowest BCUT2D eigenvalue weighted by Gasteiger charge is -2.45. The van der Waals surface area contributed by atoms with E-state index in [-0.39, 0.29) is 31.2 Å². The van der Waals surface area contributed by atoms with Gasteiger partial charge in [-0.25, -0.2) is 13.6 Å². The van der Waals surface area contributed by atoms with Crippen molar-refractivity contribution in [2.45, 2.75) is 11.5 Å². The number of amides is 1. The Morgan fingerprint density at radius 3 is 2.07 bits per heavy atom. The molecule has 6 heteroatoms. The summed E-state index contributed by atoms with van der Waals surface area (Å²) in [4.78, 5) is 13.8. The highest BCUT2D eigenvalue weighted by molar-refractivity contribution is 5.79. The molecule has 0 bridgehead atoms. The molecular weight excluding hydrogens is 388 g/mol. The van der Waals surface area contributed by atoms with E-state index in [4.69, 9.17) is 4.74 Å². The standard InChI is InChI=1S/C24H19F2NO3/c25-16-9-15(10-17(26)11-16)24(29)13-27(14-24)23(28)30-12-22-20-7-3-1-5-18(20)19-6-2-4-8-21(19)22/h1-11,22,29H,12-14H2. The van der Waals surface area contributed by atoms with Crippen molar-refractivity contribution in [3.05, 3.63) is 95.1 Å². The van der Waals surface area contributed by atoms with Gasteiger partial charge < -0.3 is 14.7 Å². The maximum absolute atomic E-state index is 13.5. The quantitative estimate of drug-likeness (QED) is 0.700. The van der Waals surface area contributed by atoms with Crippen molar-refractivity contribution in [1.29, 1.82) is 0 Å². The number of rotatable bonds is 3.